The van der Waals surface area contributed by atoms with E-state index in [0.717, 1.165) is 0 Å². The Morgan fingerprint density at radius 2 is 1.91 bits per heavy atom. The molecule has 23 heavy (non-hydrogen) atoms. The molecule has 0 saturated carbocycles. The van der Waals surface area contributed by atoms with Gasteiger partial charge in [-0.15, -0.1) is 0 Å². The van der Waals surface area contributed by atoms with Gasteiger partial charge in [0, 0.05) is 4.47 Å². The van der Waals surface area contributed by atoms with Crippen LogP contribution >= 0.6 is 15.9 Å². The number of hydrogen-bond donors (Lipinski definition) is 1. The van der Waals surface area contributed by atoms with Gasteiger partial charge in [0.1, 0.15) is 11.6 Å². The van der Waals surface area contributed by atoms with Gasteiger partial charge in [0.05, 0.1) is 12.1 Å². The Balaban J connectivity index is 1.83. The lowest BCUT2D eigenvalue weighted by Crippen LogP contribution is -2.22. The second-order valence-corrected chi connectivity index (χ2v) is 5.56. The standard InChI is InChI=1S/C16H12BrF2NO3/c17-11-4-5-14(13(19)8-11)20-15(21)9-23-16(22)7-10-2-1-3-12(18)6-10/h1-6,8H,7,9H2,(H,20,21). The Labute approximate surface area is 139 Å². The first-order valence-electron chi connectivity index (χ1n) is 6.59. The molecule has 0 bridgehead atoms. The molecule has 2 aromatic rings. The molecule has 0 saturated heterocycles. The van der Waals surface area contributed by atoms with Crippen molar-refractivity contribution in [3.63, 3.8) is 0 Å². The highest BCUT2D eigenvalue weighted by molar-refractivity contribution is 9.10. The van der Waals surface area contributed by atoms with E-state index in [1.54, 1.807) is 12.1 Å². The number of esters is 1. The first-order chi connectivity index (χ1) is 10.9. The van der Waals surface area contributed by atoms with Gasteiger partial charge in [-0.05, 0) is 35.9 Å². The molecule has 0 unspecified atom stereocenters. The number of carbonyl (C=O) groups excluding carboxylic acids is 2. The van der Waals surface area contributed by atoms with Crippen LogP contribution in [-0.2, 0) is 20.7 Å². The van der Waals surface area contributed by atoms with E-state index in [9.17, 15) is 18.4 Å². The van der Waals surface area contributed by atoms with Gasteiger partial charge in [0.15, 0.2) is 6.61 Å². The van der Waals surface area contributed by atoms with Crippen molar-refractivity contribution in [1.82, 2.24) is 0 Å². The third-order valence-corrected chi connectivity index (χ3v) is 3.30. The maximum absolute atomic E-state index is 13.5. The summed E-state index contributed by atoms with van der Waals surface area (Å²) in [5.74, 6) is -2.42. The second-order valence-electron chi connectivity index (χ2n) is 4.64. The van der Waals surface area contributed by atoms with Crippen molar-refractivity contribution >= 4 is 33.5 Å². The zero-order valence-electron chi connectivity index (χ0n) is 11.8. The first-order valence-corrected chi connectivity index (χ1v) is 7.38. The summed E-state index contributed by atoms with van der Waals surface area (Å²) in [5, 5.41) is 2.29. The van der Waals surface area contributed by atoms with Gasteiger partial charge in [-0.1, -0.05) is 28.1 Å². The summed E-state index contributed by atoms with van der Waals surface area (Å²) in [5.41, 5.74) is 0.425. The topological polar surface area (TPSA) is 55.4 Å². The first kappa shape index (κ1) is 17.1. The number of nitrogens with one attached hydrogen (secondary N) is 1. The predicted octanol–water partition coefficient (Wildman–Crippen LogP) is 3.45. The molecule has 0 aromatic heterocycles. The van der Waals surface area contributed by atoms with E-state index in [1.165, 1.54) is 30.3 Å². The highest BCUT2D eigenvalue weighted by atomic mass is 79.9. The Kier molecular flexibility index (Phi) is 5.81. The zero-order valence-corrected chi connectivity index (χ0v) is 13.4. The molecule has 7 heteroatoms. The van der Waals surface area contributed by atoms with E-state index in [2.05, 4.69) is 21.2 Å². The van der Waals surface area contributed by atoms with Crippen molar-refractivity contribution in [2.45, 2.75) is 6.42 Å². The fourth-order valence-electron chi connectivity index (χ4n) is 1.79. The predicted molar refractivity (Wildman–Crippen MR) is 83.8 cm³/mol. The van der Waals surface area contributed by atoms with Crippen molar-refractivity contribution in [1.29, 1.82) is 0 Å². The van der Waals surface area contributed by atoms with Crippen molar-refractivity contribution < 1.29 is 23.1 Å². The van der Waals surface area contributed by atoms with Crippen LogP contribution in [0.1, 0.15) is 5.56 Å². The summed E-state index contributed by atoms with van der Waals surface area (Å²) < 4.78 is 31.8. The van der Waals surface area contributed by atoms with Crippen molar-refractivity contribution in [2.75, 3.05) is 11.9 Å². The summed E-state index contributed by atoms with van der Waals surface area (Å²) in [6.07, 6.45) is -0.155. The molecular formula is C16H12BrF2NO3. The quantitative estimate of drug-likeness (QED) is 0.804. The third kappa shape index (κ3) is 5.45. The average Bonchev–Trinajstić information content (AvgIpc) is 2.48. The molecule has 0 aliphatic heterocycles. The van der Waals surface area contributed by atoms with Crippen LogP contribution in [-0.4, -0.2) is 18.5 Å². The van der Waals surface area contributed by atoms with Crippen LogP contribution < -0.4 is 5.32 Å². The van der Waals surface area contributed by atoms with Gasteiger partial charge in [0.2, 0.25) is 0 Å². The van der Waals surface area contributed by atoms with Gasteiger partial charge in [0.25, 0.3) is 5.91 Å². The normalized spacial score (nSPS) is 10.2. The lowest BCUT2D eigenvalue weighted by atomic mass is 10.1. The number of carbonyl (C=O) groups is 2. The van der Waals surface area contributed by atoms with Gasteiger partial charge < -0.3 is 10.1 Å². The van der Waals surface area contributed by atoms with Crippen LogP contribution in [0.3, 0.4) is 0 Å². The van der Waals surface area contributed by atoms with Gasteiger partial charge in [-0.25, -0.2) is 8.78 Å². The molecule has 4 nitrogen and oxygen atoms in total. The third-order valence-electron chi connectivity index (χ3n) is 2.81. The minimum atomic E-state index is -0.679. The maximum atomic E-state index is 13.5. The Bertz CT molecular complexity index is 737. The molecule has 0 aliphatic carbocycles. The fourth-order valence-corrected chi connectivity index (χ4v) is 2.12. The van der Waals surface area contributed by atoms with E-state index >= 15 is 0 Å². The molecule has 0 fully saturated rings. The van der Waals surface area contributed by atoms with Crippen LogP contribution in [0.2, 0.25) is 0 Å². The van der Waals surface area contributed by atoms with E-state index in [1.807, 2.05) is 0 Å². The molecule has 120 valence electrons. The monoisotopic (exact) mass is 383 g/mol. The molecule has 2 rings (SSSR count). The van der Waals surface area contributed by atoms with Crippen molar-refractivity contribution in [3.05, 3.63) is 64.1 Å². The SMILES string of the molecule is O=C(COC(=O)Cc1cccc(F)c1)Nc1ccc(Br)cc1F. The number of amides is 1. The summed E-state index contributed by atoms with van der Waals surface area (Å²) in [6, 6.07) is 9.66. The molecule has 0 aliphatic rings. The van der Waals surface area contributed by atoms with E-state index < -0.39 is 30.1 Å². The summed E-state index contributed by atoms with van der Waals surface area (Å²) in [4.78, 5) is 23.2. The molecule has 0 radical (unpaired) electrons. The van der Waals surface area contributed by atoms with E-state index in [4.69, 9.17) is 4.74 Å². The fraction of sp³-hybridized carbons (Fsp3) is 0.125. The highest BCUT2D eigenvalue weighted by Crippen LogP contribution is 2.19. The minimum Gasteiger partial charge on any atom is -0.455 e. The molecule has 1 amide bonds. The zero-order chi connectivity index (χ0) is 16.8. The molecule has 0 spiro atoms. The molecule has 0 heterocycles. The van der Waals surface area contributed by atoms with Crippen molar-refractivity contribution in [3.8, 4) is 0 Å². The molecule has 2 aromatic carbocycles. The van der Waals surface area contributed by atoms with Crippen LogP contribution in [0.5, 0.6) is 0 Å². The van der Waals surface area contributed by atoms with E-state index in [0.29, 0.717) is 10.0 Å². The van der Waals surface area contributed by atoms with Crippen LogP contribution in [0, 0.1) is 11.6 Å². The Morgan fingerprint density at radius 3 is 2.61 bits per heavy atom. The number of anilines is 1. The van der Waals surface area contributed by atoms with Gasteiger partial charge >= 0.3 is 5.97 Å². The van der Waals surface area contributed by atoms with Crippen LogP contribution in [0.25, 0.3) is 0 Å². The second kappa shape index (κ2) is 7.82. The maximum Gasteiger partial charge on any atom is 0.310 e. The van der Waals surface area contributed by atoms with E-state index in [-0.39, 0.29) is 12.1 Å². The van der Waals surface area contributed by atoms with Gasteiger partial charge in [-0.2, -0.15) is 0 Å². The molecule has 0 atom stereocenters. The van der Waals surface area contributed by atoms with Crippen LogP contribution in [0.4, 0.5) is 14.5 Å². The number of halogens is 3. The lowest BCUT2D eigenvalue weighted by molar-refractivity contribution is -0.146. The van der Waals surface area contributed by atoms with Gasteiger partial charge in [-0.3, -0.25) is 9.59 Å². The smallest absolute Gasteiger partial charge is 0.310 e. The number of rotatable bonds is 5. The number of ether oxygens (including phenoxy) is 1. The summed E-state index contributed by atoms with van der Waals surface area (Å²) in [7, 11) is 0. The molecule has 1 N–H and O–H groups in total. The Hall–Kier alpha value is -2.28. The molecular weight excluding hydrogens is 372 g/mol. The Morgan fingerprint density at radius 1 is 1.13 bits per heavy atom. The number of hydrogen-bond acceptors (Lipinski definition) is 3. The lowest BCUT2D eigenvalue weighted by Gasteiger charge is -2.08. The van der Waals surface area contributed by atoms with Crippen LogP contribution in [0.15, 0.2) is 46.9 Å². The average molecular weight is 384 g/mol. The van der Waals surface area contributed by atoms with Crippen molar-refractivity contribution in [2.24, 2.45) is 0 Å². The largest absolute Gasteiger partial charge is 0.455 e. The number of benzene rings is 2. The summed E-state index contributed by atoms with van der Waals surface area (Å²) in [6.45, 7) is -0.552. The highest BCUT2D eigenvalue weighted by Gasteiger charge is 2.11. The minimum absolute atomic E-state index is 0.0145. The summed E-state index contributed by atoms with van der Waals surface area (Å²) >= 11 is 3.10.